The fourth-order valence-electron chi connectivity index (χ4n) is 2.10. The van der Waals surface area contributed by atoms with Crippen LogP contribution in [0.2, 0.25) is 0 Å². The van der Waals surface area contributed by atoms with Crippen LogP contribution in [-0.2, 0) is 21.1 Å². The van der Waals surface area contributed by atoms with Gasteiger partial charge < -0.3 is 0 Å². The van der Waals surface area contributed by atoms with E-state index < -0.39 is 15.8 Å². The zero-order valence-electron chi connectivity index (χ0n) is 11.4. The number of hydrogen-bond acceptors (Lipinski definition) is 4. The van der Waals surface area contributed by atoms with Crippen LogP contribution >= 0.6 is 0 Å². The highest BCUT2D eigenvalue weighted by molar-refractivity contribution is 7.91. The van der Waals surface area contributed by atoms with Gasteiger partial charge in [0.15, 0.2) is 9.84 Å². The number of rotatable bonds is 4. The number of nitrogens with zero attached hydrogens (tertiary/aromatic N) is 1. The SMILES string of the molecule is CCc1ccc(/C=N\NC(=O)[C@H]2CCS(=O)(=O)C2)cc1. The molecule has 1 aromatic rings. The normalized spacial score (nSPS) is 21.1. The van der Waals surface area contributed by atoms with Crippen molar-refractivity contribution in [2.75, 3.05) is 11.5 Å². The summed E-state index contributed by atoms with van der Waals surface area (Å²) in [5.74, 6) is -0.778. The fraction of sp³-hybridized carbons (Fsp3) is 0.429. The second kappa shape index (κ2) is 6.17. The van der Waals surface area contributed by atoms with E-state index in [1.54, 1.807) is 6.21 Å². The second-order valence-electron chi connectivity index (χ2n) is 4.93. The van der Waals surface area contributed by atoms with Crippen molar-refractivity contribution in [2.24, 2.45) is 11.0 Å². The summed E-state index contributed by atoms with van der Waals surface area (Å²) in [7, 11) is -3.04. The van der Waals surface area contributed by atoms with Gasteiger partial charge in [-0.2, -0.15) is 5.10 Å². The molecular formula is C14H18N2O3S. The summed E-state index contributed by atoms with van der Waals surface area (Å²) in [4.78, 5) is 11.7. The molecule has 1 aromatic carbocycles. The van der Waals surface area contributed by atoms with Gasteiger partial charge in [-0.25, -0.2) is 13.8 Å². The molecule has 20 heavy (non-hydrogen) atoms. The zero-order valence-corrected chi connectivity index (χ0v) is 12.2. The lowest BCUT2D eigenvalue weighted by Crippen LogP contribution is -2.27. The van der Waals surface area contributed by atoms with Crippen LogP contribution in [0.3, 0.4) is 0 Å². The van der Waals surface area contributed by atoms with Gasteiger partial charge in [0.25, 0.3) is 0 Å². The Kier molecular flexibility index (Phi) is 4.54. The van der Waals surface area contributed by atoms with E-state index in [0.29, 0.717) is 6.42 Å². The molecule has 108 valence electrons. The predicted octanol–water partition coefficient (Wildman–Crippen LogP) is 1.13. The van der Waals surface area contributed by atoms with Gasteiger partial charge in [-0.1, -0.05) is 31.2 Å². The van der Waals surface area contributed by atoms with Crippen LogP contribution in [0.5, 0.6) is 0 Å². The summed E-state index contributed by atoms with van der Waals surface area (Å²) < 4.78 is 22.6. The molecule has 1 saturated heterocycles. The maximum Gasteiger partial charge on any atom is 0.244 e. The first kappa shape index (κ1) is 14.7. The van der Waals surface area contributed by atoms with Crippen LogP contribution in [0.25, 0.3) is 0 Å². The van der Waals surface area contributed by atoms with Gasteiger partial charge in [-0.15, -0.1) is 0 Å². The van der Waals surface area contributed by atoms with E-state index >= 15 is 0 Å². The van der Waals surface area contributed by atoms with E-state index in [1.165, 1.54) is 5.56 Å². The summed E-state index contributed by atoms with van der Waals surface area (Å²) >= 11 is 0. The first-order chi connectivity index (χ1) is 9.50. The molecule has 0 aromatic heterocycles. The van der Waals surface area contributed by atoms with Crippen molar-refractivity contribution in [3.63, 3.8) is 0 Å². The molecule has 1 fully saturated rings. The third-order valence-electron chi connectivity index (χ3n) is 3.38. The molecule has 0 saturated carbocycles. The average molecular weight is 294 g/mol. The van der Waals surface area contributed by atoms with Crippen LogP contribution < -0.4 is 5.43 Å². The number of hydrazone groups is 1. The molecule has 1 heterocycles. The highest BCUT2D eigenvalue weighted by Gasteiger charge is 2.32. The molecular weight excluding hydrogens is 276 g/mol. The number of amides is 1. The third-order valence-corrected chi connectivity index (χ3v) is 5.15. The van der Waals surface area contributed by atoms with E-state index in [0.717, 1.165) is 12.0 Å². The van der Waals surface area contributed by atoms with Crippen molar-refractivity contribution in [3.8, 4) is 0 Å². The minimum atomic E-state index is -3.04. The molecule has 0 bridgehead atoms. The molecule has 6 heteroatoms. The Bertz CT molecular complexity index is 606. The summed E-state index contributed by atoms with van der Waals surface area (Å²) in [5, 5.41) is 3.87. The van der Waals surface area contributed by atoms with Gasteiger partial charge in [0, 0.05) is 0 Å². The fourth-order valence-corrected chi connectivity index (χ4v) is 3.84. The monoisotopic (exact) mass is 294 g/mol. The van der Waals surface area contributed by atoms with E-state index in [9.17, 15) is 13.2 Å². The molecule has 5 nitrogen and oxygen atoms in total. The van der Waals surface area contributed by atoms with Gasteiger partial charge in [-0.3, -0.25) is 4.79 Å². The molecule has 1 amide bonds. The van der Waals surface area contributed by atoms with Gasteiger partial charge in [0.05, 0.1) is 23.6 Å². The first-order valence-corrected chi connectivity index (χ1v) is 8.44. The minimum absolute atomic E-state index is 0.0699. The number of benzene rings is 1. The van der Waals surface area contributed by atoms with Crippen molar-refractivity contribution < 1.29 is 13.2 Å². The molecule has 0 radical (unpaired) electrons. The van der Waals surface area contributed by atoms with Crippen LogP contribution in [0.4, 0.5) is 0 Å². The Morgan fingerprint density at radius 3 is 2.65 bits per heavy atom. The van der Waals surface area contributed by atoms with Crippen molar-refractivity contribution >= 4 is 22.0 Å². The van der Waals surface area contributed by atoms with Crippen LogP contribution in [0, 0.1) is 5.92 Å². The molecule has 0 spiro atoms. The third kappa shape index (κ3) is 3.90. The molecule has 1 N–H and O–H groups in total. The van der Waals surface area contributed by atoms with Crippen LogP contribution in [-0.4, -0.2) is 32.0 Å². The molecule has 0 unspecified atom stereocenters. The maximum atomic E-state index is 11.7. The lowest BCUT2D eigenvalue weighted by atomic mass is 10.1. The van der Waals surface area contributed by atoms with Gasteiger partial charge in [0.2, 0.25) is 5.91 Å². The summed E-state index contributed by atoms with van der Waals surface area (Å²) in [6, 6.07) is 7.86. The van der Waals surface area contributed by atoms with Crippen molar-refractivity contribution in [1.29, 1.82) is 0 Å². The lowest BCUT2D eigenvalue weighted by molar-refractivity contribution is -0.124. The van der Waals surface area contributed by atoms with E-state index in [4.69, 9.17) is 0 Å². The molecule has 0 aliphatic carbocycles. The second-order valence-corrected chi connectivity index (χ2v) is 7.16. The minimum Gasteiger partial charge on any atom is -0.273 e. The quantitative estimate of drug-likeness (QED) is 0.668. The Hall–Kier alpha value is -1.69. The van der Waals surface area contributed by atoms with E-state index in [-0.39, 0.29) is 17.4 Å². The van der Waals surface area contributed by atoms with Crippen LogP contribution in [0.1, 0.15) is 24.5 Å². The number of aryl methyl sites for hydroxylation is 1. The number of carbonyl (C=O) groups is 1. The largest absolute Gasteiger partial charge is 0.273 e. The number of hydrogen-bond donors (Lipinski definition) is 1. The molecule has 2 rings (SSSR count). The number of carbonyl (C=O) groups excluding carboxylic acids is 1. The Morgan fingerprint density at radius 2 is 2.10 bits per heavy atom. The van der Waals surface area contributed by atoms with Crippen molar-refractivity contribution in [2.45, 2.75) is 19.8 Å². The Labute approximate surface area is 119 Å². The average Bonchev–Trinajstić information content (AvgIpc) is 2.80. The molecule has 1 aliphatic rings. The first-order valence-electron chi connectivity index (χ1n) is 6.62. The standard InChI is InChI=1S/C14H18N2O3S/c1-2-11-3-5-12(6-4-11)9-15-16-14(17)13-7-8-20(18,19)10-13/h3-6,9,13H,2,7-8,10H2,1H3,(H,16,17)/b15-9-/t13-/m0/s1. The number of nitrogens with one attached hydrogen (secondary N) is 1. The molecule has 1 aliphatic heterocycles. The van der Waals surface area contributed by atoms with Gasteiger partial charge in [0.1, 0.15) is 0 Å². The Morgan fingerprint density at radius 1 is 1.40 bits per heavy atom. The van der Waals surface area contributed by atoms with Crippen molar-refractivity contribution in [1.82, 2.24) is 5.43 Å². The topological polar surface area (TPSA) is 75.6 Å². The van der Waals surface area contributed by atoms with Crippen molar-refractivity contribution in [3.05, 3.63) is 35.4 Å². The highest BCUT2D eigenvalue weighted by Crippen LogP contribution is 2.18. The molecule has 1 atom stereocenters. The number of sulfone groups is 1. The lowest BCUT2D eigenvalue weighted by Gasteiger charge is -2.04. The summed E-state index contributed by atoms with van der Waals surface area (Å²) in [5.41, 5.74) is 4.53. The van der Waals surface area contributed by atoms with E-state index in [2.05, 4.69) is 17.5 Å². The van der Waals surface area contributed by atoms with Gasteiger partial charge in [-0.05, 0) is 24.0 Å². The van der Waals surface area contributed by atoms with Crippen LogP contribution in [0.15, 0.2) is 29.4 Å². The predicted molar refractivity (Wildman–Crippen MR) is 78.3 cm³/mol. The summed E-state index contributed by atoms with van der Waals surface area (Å²) in [6.07, 6.45) is 2.92. The van der Waals surface area contributed by atoms with E-state index in [1.807, 2.05) is 24.3 Å². The smallest absolute Gasteiger partial charge is 0.244 e. The van der Waals surface area contributed by atoms with Gasteiger partial charge >= 0.3 is 0 Å². The zero-order chi connectivity index (χ0) is 14.6. The maximum absolute atomic E-state index is 11.7. The summed E-state index contributed by atoms with van der Waals surface area (Å²) in [6.45, 7) is 2.08. The Balaban J connectivity index is 1.88. The highest BCUT2D eigenvalue weighted by atomic mass is 32.2.